The Hall–Kier alpha value is -1.56. The van der Waals surface area contributed by atoms with Crippen molar-refractivity contribution >= 4 is 6.09 Å². The van der Waals surface area contributed by atoms with E-state index in [1.54, 1.807) is 6.20 Å². The van der Waals surface area contributed by atoms with Crippen LogP contribution in [0, 0.1) is 5.92 Å². The smallest absolute Gasteiger partial charge is 0.408 e. The summed E-state index contributed by atoms with van der Waals surface area (Å²) >= 11 is 0. The van der Waals surface area contributed by atoms with Crippen molar-refractivity contribution in [2.24, 2.45) is 11.7 Å². The SMILES string of the molecule is CC(C)Cn1cc(C(CN)NC(=O)OC(C)(C)C)cn1. The Morgan fingerprint density at radius 3 is 2.65 bits per heavy atom. The minimum absolute atomic E-state index is 0.286. The van der Waals surface area contributed by atoms with Crippen molar-refractivity contribution in [2.75, 3.05) is 6.54 Å². The molecule has 0 aromatic carbocycles. The summed E-state index contributed by atoms with van der Waals surface area (Å²) in [5.41, 5.74) is 6.09. The highest BCUT2D eigenvalue weighted by atomic mass is 16.6. The van der Waals surface area contributed by atoms with Crippen molar-refractivity contribution in [1.29, 1.82) is 0 Å². The molecule has 1 aromatic rings. The van der Waals surface area contributed by atoms with Crippen molar-refractivity contribution in [1.82, 2.24) is 15.1 Å². The van der Waals surface area contributed by atoms with E-state index in [-0.39, 0.29) is 6.04 Å². The highest BCUT2D eigenvalue weighted by molar-refractivity contribution is 5.68. The predicted octanol–water partition coefficient (Wildman–Crippen LogP) is 2.06. The summed E-state index contributed by atoms with van der Waals surface area (Å²) < 4.78 is 7.09. The molecule has 0 saturated heterocycles. The molecule has 0 spiro atoms. The molecule has 0 aliphatic rings. The van der Waals surface area contributed by atoms with Gasteiger partial charge in [0.05, 0.1) is 12.2 Å². The molecule has 1 amide bonds. The van der Waals surface area contributed by atoms with E-state index in [1.807, 2.05) is 31.6 Å². The van der Waals surface area contributed by atoms with Crippen LogP contribution < -0.4 is 11.1 Å². The van der Waals surface area contributed by atoms with Crippen LogP contribution in [0.4, 0.5) is 4.79 Å². The van der Waals surface area contributed by atoms with Crippen LogP contribution in [-0.2, 0) is 11.3 Å². The van der Waals surface area contributed by atoms with Crippen molar-refractivity contribution in [2.45, 2.75) is 52.8 Å². The Bertz CT molecular complexity index is 435. The number of hydrogen-bond acceptors (Lipinski definition) is 4. The molecule has 1 aromatic heterocycles. The van der Waals surface area contributed by atoms with Crippen LogP contribution in [0.15, 0.2) is 12.4 Å². The van der Waals surface area contributed by atoms with Crippen molar-refractivity contribution in [3.8, 4) is 0 Å². The van der Waals surface area contributed by atoms with Gasteiger partial charge in [0.25, 0.3) is 0 Å². The molecule has 1 rings (SSSR count). The molecule has 1 heterocycles. The number of carbonyl (C=O) groups is 1. The van der Waals surface area contributed by atoms with E-state index in [0.29, 0.717) is 12.5 Å². The fraction of sp³-hybridized carbons (Fsp3) is 0.714. The van der Waals surface area contributed by atoms with Gasteiger partial charge in [-0.05, 0) is 26.7 Å². The van der Waals surface area contributed by atoms with Crippen LogP contribution in [0.1, 0.15) is 46.2 Å². The molecule has 1 atom stereocenters. The number of aromatic nitrogens is 2. The van der Waals surface area contributed by atoms with Gasteiger partial charge in [0, 0.05) is 24.8 Å². The van der Waals surface area contributed by atoms with E-state index < -0.39 is 11.7 Å². The number of nitrogens with two attached hydrogens (primary N) is 1. The zero-order valence-electron chi connectivity index (χ0n) is 13.0. The first-order chi connectivity index (χ1) is 9.21. The van der Waals surface area contributed by atoms with E-state index in [0.717, 1.165) is 12.1 Å². The third kappa shape index (κ3) is 5.61. The molecule has 1 unspecified atom stereocenters. The number of alkyl carbamates (subject to hydrolysis) is 1. The lowest BCUT2D eigenvalue weighted by molar-refractivity contribution is 0.0505. The van der Waals surface area contributed by atoms with Crippen LogP contribution >= 0.6 is 0 Å². The molecule has 0 aliphatic carbocycles. The zero-order chi connectivity index (χ0) is 15.3. The van der Waals surface area contributed by atoms with Gasteiger partial charge in [0.15, 0.2) is 0 Å². The molecule has 3 N–H and O–H groups in total. The number of nitrogens with zero attached hydrogens (tertiary/aromatic N) is 2. The van der Waals surface area contributed by atoms with Gasteiger partial charge in [0.2, 0.25) is 0 Å². The summed E-state index contributed by atoms with van der Waals surface area (Å²) in [7, 11) is 0. The van der Waals surface area contributed by atoms with Gasteiger partial charge >= 0.3 is 6.09 Å². The highest BCUT2D eigenvalue weighted by Crippen LogP contribution is 2.13. The standard InChI is InChI=1S/C14H26N4O2/c1-10(2)8-18-9-11(7-16-18)12(6-15)17-13(19)20-14(3,4)5/h7,9-10,12H,6,8,15H2,1-5H3,(H,17,19). The predicted molar refractivity (Wildman–Crippen MR) is 78.2 cm³/mol. The minimum Gasteiger partial charge on any atom is -0.444 e. The molecular weight excluding hydrogens is 256 g/mol. The molecule has 0 radical (unpaired) electrons. The van der Waals surface area contributed by atoms with E-state index in [9.17, 15) is 4.79 Å². The van der Waals surface area contributed by atoms with Gasteiger partial charge in [0.1, 0.15) is 5.60 Å². The molecule has 0 aliphatic heterocycles. The molecular formula is C14H26N4O2. The average molecular weight is 282 g/mol. The molecule has 0 fully saturated rings. The lowest BCUT2D eigenvalue weighted by atomic mass is 10.1. The molecule has 0 bridgehead atoms. The lowest BCUT2D eigenvalue weighted by Gasteiger charge is -2.22. The number of amides is 1. The van der Waals surface area contributed by atoms with Crippen LogP contribution in [0.25, 0.3) is 0 Å². The molecule has 6 nitrogen and oxygen atoms in total. The summed E-state index contributed by atoms with van der Waals surface area (Å²) in [6.07, 6.45) is 3.18. The Balaban J connectivity index is 2.66. The van der Waals surface area contributed by atoms with Crippen LogP contribution in [0.2, 0.25) is 0 Å². The second-order valence-electron chi connectivity index (χ2n) is 6.32. The molecule has 114 valence electrons. The Morgan fingerprint density at radius 2 is 2.15 bits per heavy atom. The number of rotatable bonds is 5. The van der Waals surface area contributed by atoms with Crippen LogP contribution in [0.5, 0.6) is 0 Å². The van der Waals surface area contributed by atoms with Gasteiger partial charge in [-0.25, -0.2) is 4.79 Å². The average Bonchev–Trinajstić information content (AvgIpc) is 2.70. The second kappa shape index (κ2) is 6.74. The minimum atomic E-state index is -0.523. The summed E-state index contributed by atoms with van der Waals surface area (Å²) in [4.78, 5) is 11.8. The molecule has 0 saturated carbocycles. The van der Waals surface area contributed by atoms with Crippen molar-refractivity contribution < 1.29 is 9.53 Å². The highest BCUT2D eigenvalue weighted by Gasteiger charge is 2.20. The zero-order valence-corrected chi connectivity index (χ0v) is 13.0. The maximum absolute atomic E-state index is 11.8. The third-order valence-corrected chi connectivity index (χ3v) is 2.53. The first-order valence-electron chi connectivity index (χ1n) is 6.93. The van der Waals surface area contributed by atoms with Gasteiger partial charge in [-0.15, -0.1) is 0 Å². The Labute approximate surface area is 120 Å². The first kappa shape index (κ1) is 16.5. The van der Waals surface area contributed by atoms with Gasteiger partial charge in [-0.1, -0.05) is 13.8 Å². The summed E-state index contributed by atoms with van der Waals surface area (Å²) in [5.74, 6) is 0.512. The van der Waals surface area contributed by atoms with Crippen molar-refractivity contribution in [3.63, 3.8) is 0 Å². The van der Waals surface area contributed by atoms with Gasteiger partial charge < -0.3 is 15.8 Å². The summed E-state index contributed by atoms with van der Waals surface area (Å²) in [5, 5.41) is 7.04. The third-order valence-electron chi connectivity index (χ3n) is 2.53. The van der Waals surface area contributed by atoms with Gasteiger partial charge in [-0.2, -0.15) is 5.10 Å². The van der Waals surface area contributed by atoms with E-state index in [2.05, 4.69) is 24.3 Å². The van der Waals surface area contributed by atoms with E-state index >= 15 is 0 Å². The lowest BCUT2D eigenvalue weighted by Crippen LogP contribution is -2.37. The maximum Gasteiger partial charge on any atom is 0.408 e. The fourth-order valence-corrected chi connectivity index (χ4v) is 1.76. The Kier molecular flexibility index (Phi) is 5.56. The second-order valence-corrected chi connectivity index (χ2v) is 6.32. The maximum atomic E-state index is 11.8. The van der Waals surface area contributed by atoms with E-state index in [4.69, 9.17) is 10.5 Å². The van der Waals surface area contributed by atoms with Gasteiger partial charge in [-0.3, -0.25) is 4.68 Å². The number of hydrogen-bond donors (Lipinski definition) is 2. The molecule has 6 heteroatoms. The fourth-order valence-electron chi connectivity index (χ4n) is 1.76. The first-order valence-corrected chi connectivity index (χ1v) is 6.93. The topological polar surface area (TPSA) is 82.2 Å². The largest absolute Gasteiger partial charge is 0.444 e. The quantitative estimate of drug-likeness (QED) is 0.866. The number of ether oxygens (including phenoxy) is 1. The Morgan fingerprint density at radius 1 is 1.50 bits per heavy atom. The van der Waals surface area contributed by atoms with Crippen LogP contribution in [0.3, 0.4) is 0 Å². The monoisotopic (exact) mass is 282 g/mol. The summed E-state index contributed by atoms with van der Waals surface area (Å²) in [6.45, 7) is 10.9. The normalized spacial score (nSPS) is 13.3. The number of carbonyl (C=O) groups excluding carboxylic acids is 1. The van der Waals surface area contributed by atoms with Crippen LogP contribution in [-0.4, -0.2) is 28.0 Å². The van der Waals surface area contributed by atoms with Crippen molar-refractivity contribution in [3.05, 3.63) is 18.0 Å². The number of nitrogens with one attached hydrogen (secondary N) is 1. The molecule has 20 heavy (non-hydrogen) atoms. The summed E-state index contributed by atoms with van der Waals surface area (Å²) in [6, 6.07) is -0.286. The van der Waals surface area contributed by atoms with E-state index in [1.165, 1.54) is 0 Å².